The molecule has 0 saturated carbocycles. The zero-order valence-corrected chi connectivity index (χ0v) is 14.8. The maximum atomic E-state index is 5.49. The summed E-state index contributed by atoms with van der Waals surface area (Å²) in [6.07, 6.45) is 1.73. The Bertz CT molecular complexity index is 406. The Kier molecular flexibility index (Phi) is 11.2. The lowest BCUT2D eigenvalue weighted by molar-refractivity contribution is 0.00000140. The molecule has 7 heteroatoms. The van der Waals surface area contributed by atoms with Gasteiger partial charge in [0.25, 0.3) is 0 Å². The number of hydrogen-bond acceptors (Lipinski definition) is 6. The fraction of sp³-hybridized carbons (Fsp3) is 0.667. The Morgan fingerprint density at radius 2 is 1.45 bits per heavy atom. The van der Waals surface area contributed by atoms with Gasteiger partial charge in [-0.2, -0.15) is 0 Å². The summed E-state index contributed by atoms with van der Waals surface area (Å²) < 4.78 is 27.4. The lowest BCUT2D eigenvalue weighted by Crippen LogP contribution is -2.13. The van der Waals surface area contributed by atoms with Crippen LogP contribution in [0.5, 0.6) is 5.88 Å². The molecule has 1 heterocycles. The van der Waals surface area contributed by atoms with Crippen molar-refractivity contribution in [2.75, 3.05) is 60.0 Å². The summed E-state index contributed by atoms with van der Waals surface area (Å²) in [6.45, 7) is 6.38. The monoisotopic (exact) mass is 377 g/mol. The topological polar surface area (TPSA) is 59.0 Å². The number of methoxy groups -OCH3 is 1. The predicted molar refractivity (Wildman–Crippen MR) is 86.5 cm³/mol. The minimum atomic E-state index is 0.466. The Hall–Kier alpha value is -0.730. The highest BCUT2D eigenvalue weighted by Gasteiger charge is 1.99. The molecule has 1 aromatic heterocycles. The molecule has 0 atom stereocenters. The van der Waals surface area contributed by atoms with Crippen molar-refractivity contribution in [1.29, 1.82) is 0 Å². The number of ether oxygens (including phenoxy) is 5. The van der Waals surface area contributed by atoms with Crippen LogP contribution < -0.4 is 4.74 Å². The van der Waals surface area contributed by atoms with Crippen LogP contribution in [0.4, 0.5) is 0 Å². The van der Waals surface area contributed by atoms with E-state index in [9.17, 15) is 0 Å². The predicted octanol–water partition coefficient (Wildman–Crippen LogP) is 2.23. The first-order valence-corrected chi connectivity index (χ1v) is 8.00. The fourth-order valence-electron chi connectivity index (χ4n) is 1.48. The number of halogens is 1. The maximum Gasteiger partial charge on any atom is 0.213 e. The summed E-state index contributed by atoms with van der Waals surface area (Å²) >= 11 is 3.40. The lowest BCUT2D eigenvalue weighted by Gasteiger charge is -2.08. The molecule has 0 saturated heterocycles. The highest BCUT2D eigenvalue weighted by Crippen LogP contribution is 2.18. The molecule has 0 bridgehead atoms. The fourth-order valence-corrected chi connectivity index (χ4v) is 1.70. The van der Waals surface area contributed by atoms with Gasteiger partial charge in [0.1, 0.15) is 6.61 Å². The molecule has 1 aromatic rings. The molecule has 0 amide bonds. The number of aromatic nitrogens is 1. The molecule has 0 radical (unpaired) electrons. The van der Waals surface area contributed by atoms with Crippen molar-refractivity contribution >= 4 is 15.9 Å². The highest BCUT2D eigenvalue weighted by molar-refractivity contribution is 9.10. The van der Waals surface area contributed by atoms with Crippen LogP contribution in [-0.4, -0.2) is 64.9 Å². The van der Waals surface area contributed by atoms with Crippen molar-refractivity contribution in [1.82, 2.24) is 4.98 Å². The minimum Gasteiger partial charge on any atom is -0.475 e. The normalized spacial score (nSPS) is 10.9. The zero-order valence-electron chi connectivity index (χ0n) is 13.2. The average molecular weight is 378 g/mol. The molecular formula is C15H24BrNO5. The van der Waals surface area contributed by atoms with Crippen LogP contribution in [0.15, 0.2) is 16.7 Å². The third-order valence-electron chi connectivity index (χ3n) is 2.68. The lowest BCUT2D eigenvalue weighted by atomic mass is 10.3. The van der Waals surface area contributed by atoms with Crippen molar-refractivity contribution in [2.45, 2.75) is 6.92 Å². The van der Waals surface area contributed by atoms with E-state index in [0.29, 0.717) is 58.7 Å². The van der Waals surface area contributed by atoms with E-state index in [4.69, 9.17) is 23.7 Å². The first-order chi connectivity index (χ1) is 10.7. The second-order valence-electron chi connectivity index (χ2n) is 4.45. The first-order valence-electron chi connectivity index (χ1n) is 7.21. The Balaban J connectivity index is 1.88. The van der Waals surface area contributed by atoms with E-state index in [0.717, 1.165) is 10.0 Å². The summed E-state index contributed by atoms with van der Waals surface area (Å²) in [5, 5.41) is 0. The molecule has 0 aliphatic rings. The molecule has 0 aliphatic heterocycles. The molecule has 0 fully saturated rings. The number of aryl methyl sites for hydroxylation is 1. The van der Waals surface area contributed by atoms with E-state index in [1.54, 1.807) is 13.3 Å². The minimum absolute atomic E-state index is 0.466. The van der Waals surface area contributed by atoms with Gasteiger partial charge in [0.15, 0.2) is 0 Å². The van der Waals surface area contributed by atoms with Crippen LogP contribution in [0.1, 0.15) is 5.56 Å². The first kappa shape index (κ1) is 19.3. The summed E-state index contributed by atoms with van der Waals surface area (Å²) in [4.78, 5) is 4.16. The van der Waals surface area contributed by atoms with E-state index in [1.807, 2.05) is 13.0 Å². The smallest absolute Gasteiger partial charge is 0.213 e. The van der Waals surface area contributed by atoms with E-state index in [2.05, 4.69) is 20.9 Å². The van der Waals surface area contributed by atoms with E-state index < -0.39 is 0 Å². The molecule has 0 aromatic carbocycles. The molecule has 1 rings (SSSR count). The third-order valence-corrected chi connectivity index (χ3v) is 3.51. The second-order valence-corrected chi connectivity index (χ2v) is 5.30. The van der Waals surface area contributed by atoms with Gasteiger partial charge in [0.2, 0.25) is 5.88 Å². The van der Waals surface area contributed by atoms with Gasteiger partial charge in [0.05, 0.1) is 46.2 Å². The van der Waals surface area contributed by atoms with Gasteiger partial charge in [-0.1, -0.05) is 0 Å². The molecule has 0 spiro atoms. The number of rotatable bonds is 13. The number of nitrogens with zero attached hydrogens (tertiary/aromatic N) is 1. The van der Waals surface area contributed by atoms with Crippen molar-refractivity contribution in [3.8, 4) is 5.88 Å². The van der Waals surface area contributed by atoms with Gasteiger partial charge in [-0.05, 0) is 28.4 Å². The molecule has 0 N–H and O–H groups in total. The molecular weight excluding hydrogens is 354 g/mol. The van der Waals surface area contributed by atoms with Crippen LogP contribution in [-0.2, 0) is 18.9 Å². The van der Waals surface area contributed by atoms with Crippen LogP contribution >= 0.6 is 15.9 Å². The van der Waals surface area contributed by atoms with Crippen LogP contribution in [0.2, 0.25) is 0 Å². The van der Waals surface area contributed by atoms with Crippen molar-refractivity contribution in [2.24, 2.45) is 0 Å². The van der Waals surface area contributed by atoms with Crippen LogP contribution in [0.25, 0.3) is 0 Å². The average Bonchev–Trinajstić information content (AvgIpc) is 2.52. The molecule has 0 aliphatic carbocycles. The largest absolute Gasteiger partial charge is 0.475 e. The quantitative estimate of drug-likeness (QED) is 0.491. The third kappa shape index (κ3) is 9.32. The Morgan fingerprint density at radius 3 is 2.00 bits per heavy atom. The summed E-state index contributed by atoms with van der Waals surface area (Å²) in [5.74, 6) is 0.605. The summed E-state index contributed by atoms with van der Waals surface area (Å²) in [6, 6.07) is 1.89. The van der Waals surface area contributed by atoms with Crippen molar-refractivity contribution < 1.29 is 23.7 Å². The van der Waals surface area contributed by atoms with Gasteiger partial charge in [-0.15, -0.1) is 0 Å². The van der Waals surface area contributed by atoms with Crippen molar-refractivity contribution in [3.05, 3.63) is 22.3 Å². The second kappa shape index (κ2) is 12.8. The number of hydrogen-bond donors (Lipinski definition) is 0. The van der Waals surface area contributed by atoms with E-state index in [-0.39, 0.29) is 0 Å². The van der Waals surface area contributed by atoms with Crippen LogP contribution in [0, 0.1) is 6.92 Å². The molecule has 6 nitrogen and oxygen atoms in total. The van der Waals surface area contributed by atoms with Crippen LogP contribution in [0.3, 0.4) is 0 Å². The van der Waals surface area contributed by atoms with Gasteiger partial charge in [-0.25, -0.2) is 4.98 Å². The SMILES string of the molecule is COCCOCCOCCOCCOc1cc(C)c(Br)cn1. The summed E-state index contributed by atoms with van der Waals surface area (Å²) in [7, 11) is 1.65. The Morgan fingerprint density at radius 1 is 0.909 bits per heavy atom. The van der Waals surface area contributed by atoms with Gasteiger partial charge >= 0.3 is 0 Å². The molecule has 0 unspecified atom stereocenters. The van der Waals surface area contributed by atoms with Gasteiger partial charge in [0, 0.05) is 23.8 Å². The zero-order chi connectivity index (χ0) is 16.0. The highest BCUT2D eigenvalue weighted by atomic mass is 79.9. The van der Waals surface area contributed by atoms with E-state index >= 15 is 0 Å². The maximum absolute atomic E-state index is 5.49. The Labute approximate surface area is 140 Å². The van der Waals surface area contributed by atoms with Gasteiger partial charge in [-0.3, -0.25) is 0 Å². The standard InChI is InChI=1S/C15H24BrNO5/c1-13-11-15(17-12-14(13)16)22-10-9-21-8-7-20-6-5-19-4-3-18-2/h11-12H,3-10H2,1-2H3. The molecule has 126 valence electrons. The number of pyridine rings is 1. The van der Waals surface area contributed by atoms with E-state index in [1.165, 1.54) is 0 Å². The van der Waals surface area contributed by atoms with Gasteiger partial charge < -0.3 is 23.7 Å². The van der Waals surface area contributed by atoms with Crippen molar-refractivity contribution in [3.63, 3.8) is 0 Å². The molecule has 22 heavy (non-hydrogen) atoms. The summed E-state index contributed by atoms with van der Waals surface area (Å²) in [5.41, 5.74) is 1.09.